The highest BCUT2D eigenvalue weighted by Gasteiger charge is 2.17. The van der Waals surface area contributed by atoms with Crippen LogP contribution in [0.5, 0.6) is 5.75 Å². The van der Waals surface area contributed by atoms with Crippen molar-refractivity contribution in [1.82, 2.24) is 10.9 Å². The monoisotopic (exact) mass is 368 g/mol. The van der Waals surface area contributed by atoms with E-state index < -0.39 is 17.9 Å². The molecule has 2 N–H and O–H groups in total. The quantitative estimate of drug-likeness (QED) is 0.690. The number of halogens is 1. The van der Waals surface area contributed by atoms with E-state index in [9.17, 15) is 9.59 Å². The molecule has 132 valence electrons. The van der Waals surface area contributed by atoms with Crippen LogP contribution in [-0.2, 0) is 4.79 Å². The standard InChI is InChI=1S/C20H17ClN2O3/c1-13(26-16-11-10-14-6-2-3-7-15(14)12-16)19(24)22-23-20(25)17-8-4-5-9-18(17)21/h2-13H,1H3,(H,22,24)(H,23,25)/t13-/m0/s1. The van der Waals surface area contributed by atoms with E-state index in [0.29, 0.717) is 10.8 Å². The lowest BCUT2D eigenvalue weighted by Crippen LogP contribution is -2.47. The molecule has 2 amide bonds. The van der Waals surface area contributed by atoms with E-state index in [1.165, 1.54) is 0 Å². The number of fused-ring (bicyclic) bond motifs is 1. The predicted octanol–water partition coefficient (Wildman–Crippen LogP) is 3.72. The molecule has 0 saturated carbocycles. The van der Waals surface area contributed by atoms with Crippen molar-refractivity contribution < 1.29 is 14.3 Å². The fraction of sp³-hybridized carbons (Fsp3) is 0.100. The Balaban J connectivity index is 1.59. The smallest absolute Gasteiger partial charge is 0.279 e. The van der Waals surface area contributed by atoms with Gasteiger partial charge in [0.15, 0.2) is 6.10 Å². The minimum atomic E-state index is -0.789. The normalized spacial score (nSPS) is 11.6. The molecule has 0 aliphatic rings. The highest BCUT2D eigenvalue weighted by atomic mass is 35.5. The molecule has 26 heavy (non-hydrogen) atoms. The molecular weight excluding hydrogens is 352 g/mol. The van der Waals surface area contributed by atoms with Gasteiger partial charge in [-0.25, -0.2) is 0 Å². The Kier molecular flexibility index (Phi) is 5.39. The number of rotatable bonds is 4. The molecule has 1 atom stereocenters. The molecule has 0 aliphatic heterocycles. The largest absolute Gasteiger partial charge is 0.481 e. The van der Waals surface area contributed by atoms with E-state index in [1.54, 1.807) is 37.3 Å². The maximum Gasteiger partial charge on any atom is 0.279 e. The molecule has 0 spiro atoms. The van der Waals surface area contributed by atoms with Crippen LogP contribution in [0.1, 0.15) is 17.3 Å². The van der Waals surface area contributed by atoms with Crippen molar-refractivity contribution in [3.63, 3.8) is 0 Å². The van der Waals surface area contributed by atoms with E-state index in [0.717, 1.165) is 10.8 Å². The molecule has 3 aromatic carbocycles. The summed E-state index contributed by atoms with van der Waals surface area (Å²) in [6.45, 7) is 1.60. The minimum Gasteiger partial charge on any atom is -0.481 e. The second-order valence-corrected chi connectivity index (χ2v) is 6.10. The van der Waals surface area contributed by atoms with Crippen LogP contribution in [0.15, 0.2) is 66.7 Å². The average Bonchev–Trinajstić information content (AvgIpc) is 2.66. The molecule has 3 rings (SSSR count). The summed E-state index contributed by atoms with van der Waals surface area (Å²) in [5, 5.41) is 2.41. The Labute approximate surface area is 155 Å². The van der Waals surface area contributed by atoms with Crippen molar-refractivity contribution in [3.8, 4) is 5.75 Å². The summed E-state index contributed by atoms with van der Waals surface area (Å²) in [6.07, 6.45) is -0.789. The van der Waals surface area contributed by atoms with Gasteiger partial charge in [0.05, 0.1) is 10.6 Å². The summed E-state index contributed by atoms with van der Waals surface area (Å²) in [7, 11) is 0. The van der Waals surface area contributed by atoms with E-state index in [2.05, 4.69) is 10.9 Å². The van der Waals surface area contributed by atoms with E-state index in [4.69, 9.17) is 16.3 Å². The Hall–Kier alpha value is -3.05. The van der Waals surface area contributed by atoms with Crippen molar-refractivity contribution >= 4 is 34.2 Å². The Bertz CT molecular complexity index is 958. The maximum absolute atomic E-state index is 12.1. The molecule has 0 unspecified atom stereocenters. The van der Waals surface area contributed by atoms with Gasteiger partial charge in [-0.15, -0.1) is 0 Å². The third-order valence-corrected chi connectivity index (χ3v) is 4.15. The lowest BCUT2D eigenvalue weighted by molar-refractivity contribution is -0.128. The number of amides is 2. The van der Waals surface area contributed by atoms with Gasteiger partial charge in [-0.1, -0.05) is 54.1 Å². The third kappa shape index (κ3) is 4.13. The molecule has 0 fully saturated rings. The summed E-state index contributed by atoms with van der Waals surface area (Å²) in [6, 6.07) is 20.0. The van der Waals surface area contributed by atoms with Crippen LogP contribution in [0.3, 0.4) is 0 Å². The fourth-order valence-corrected chi connectivity index (χ4v) is 2.65. The number of benzene rings is 3. The zero-order chi connectivity index (χ0) is 18.5. The highest BCUT2D eigenvalue weighted by Crippen LogP contribution is 2.21. The summed E-state index contributed by atoms with van der Waals surface area (Å²) < 4.78 is 5.66. The molecule has 0 saturated heterocycles. The molecule has 5 nitrogen and oxygen atoms in total. The van der Waals surface area contributed by atoms with Crippen molar-refractivity contribution in [2.75, 3.05) is 0 Å². The molecule has 0 aliphatic carbocycles. The van der Waals surface area contributed by atoms with Gasteiger partial charge in [0, 0.05) is 0 Å². The first-order chi connectivity index (χ1) is 12.5. The third-order valence-electron chi connectivity index (χ3n) is 3.82. The molecule has 3 aromatic rings. The van der Waals surface area contributed by atoms with Crippen molar-refractivity contribution in [2.45, 2.75) is 13.0 Å². The zero-order valence-corrected chi connectivity index (χ0v) is 14.8. The molecule has 0 heterocycles. The lowest BCUT2D eigenvalue weighted by Gasteiger charge is -2.15. The Morgan fingerprint density at radius 3 is 2.38 bits per heavy atom. The first-order valence-electron chi connectivity index (χ1n) is 8.05. The van der Waals surface area contributed by atoms with Gasteiger partial charge >= 0.3 is 0 Å². The first kappa shape index (κ1) is 17.8. The number of hydrogen-bond donors (Lipinski definition) is 2. The lowest BCUT2D eigenvalue weighted by atomic mass is 10.1. The number of hydrogen-bond acceptors (Lipinski definition) is 3. The van der Waals surface area contributed by atoms with Crippen LogP contribution in [0.4, 0.5) is 0 Å². The summed E-state index contributed by atoms with van der Waals surface area (Å²) in [5.74, 6) is -0.399. The average molecular weight is 369 g/mol. The van der Waals surface area contributed by atoms with E-state index >= 15 is 0 Å². The number of nitrogens with one attached hydrogen (secondary N) is 2. The molecule has 0 aromatic heterocycles. The van der Waals surface area contributed by atoms with Crippen LogP contribution in [-0.4, -0.2) is 17.9 Å². The molecule has 0 radical (unpaired) electrons. The topological polar surface area (TPSA) is 67.4 Å². The number of hydrazine groups is 1. The molecular formula is C20H17ClN2O3. The maximum atomic E-state index is 12.1. The van der Waals surface area contributed by atoms with Crippen LogP contribution in [0.2, 0.25) is 5.02 Å². The van der Waals surface area contributed by atoms with Gasteiger partial charge in [-0.05, 0) is 42.0 Å². The first-order valence-corrected chi connectivity index (χ1v) is 8.42. The van der Waals surface area contributed by atoms with Crippen LogP contribution < -0.4 is 15.6 Å². The Morgan fingerprint density at radius 1 is 0.923 bits per heavy atom. The number of carbonyl (C=O) groups is 2. The molecule has 6 heteroatoms. The molecule has 0 bridgehead atoms. The Morgan fingerprint density at radius 2 is 1.62 bits per heavy atom. The SMILES string of the molecule is C[C@H](Oc1ccc2ccccc2c1)C(=O)NNC(=O)c1ccccc1Cl. The minimum absolute atomic E-state index is 0.276. The summed E-state index contributed by atoms with van der Waals surface area (Å²) in [5.41, 5.74) is 4.95. The van der Waals surface area contributed by atoms with Crippen LogP contribution in [0, 0.1) is 0 Å². The zero-order valence-electron chi connectivity index (χ0n) is 14.0. The van der Waals surface area contributed by atoms with Gasteiger partial charge < -0.3 is 4.74 Å². The van der Waals surface area contributed by atoms with Gasteiger partial charge in [-0.3, -0.25) is 20.4 Å². The number of ether oxygens (including phenoxy) is 1. The van der Waals surface area contributed by atoms with Crippen molar-refractivity contribution in [3.05, 3.63) is 77.3 Å². The second kappa shape index (κ2) is 7.89. The second-order valence-electron chi connectivity index (χ2n) is 5.69. The van der Waals surface area contributed by atoms with Gasteiger partial charge in [0.1, 0.15) is 5.75 Å². The van der Waals surface area contributed by atoms with Crippen LogP contribution in [0.25, 0.3) is 10.8 Å². The summed E-state index contributed by atoms with van der Waals surface area (Å²) in [4.78, 5) is 24.2. The van der Waals surface area contributed by atoms with Gasteiger partial charge in [0.25, 0.3) is 11.8 Å². The van der Waals surface area contributed by atoms with E-state index in [-0.39, 0.29) is 5.56 Å². The summed E-state index contributed by atoms with van der Waals surface area (Å²) >= 11 is 5.95. The van der Waals surface area contributed by atoms with E-state index in [1.807, 2.05) is 36.4 Å². The van der Waals surface area contributed by atoms with Crippen molar-refractivity contribution in [1.29, 1.82) is 0 Å². The predicted molar refractivity (Wildman–Crippen MR) is 101 cm³/mol. The van der Waals surface area contributed by atoms with Crippen LogP contribution >= 0.6 is 11.6 Å². The highest BCUT2D eigenvalue weighted by molar-refractivity contribution is 6.33. The van der Waals surface area contributed by atoms with Gasteiger partial charge in [-0.2, -0.15) is 0 Å². The van der Waals surface area contributed by atoms with Gasteiger partial charge in [0.2, 0.25) is 0 Å². The number of carbonyl (C=O) groups excluding carboxylic acids is 2. The van der Waals surface area contributed by atoms with Crippen molar-refractivity contribution in [2.24, 2.45) is 0 Å². The fourth-order valence-electron chi connectivity index (χ4n) is 2.43.